The van der Waals surface area contributed by atoms with Gasteiger partial charge in [-0.25, -0.2) is 4.79 Å². The first-order valence-corrected chi connectivity index (χ1v) is 8.29. The van der Waals surface area contributed by atoms with Gasteiger partial charge < -0.3 is 18.0 Å². The van der Waals surface area contributed by atoms with Crippen molar-refractivity contribution < 1.29 is 37.2 Å². The number of rotatable bonds is 7. The van der Waals surface area contributed by atoms with Crippen LogP contribution < -0.4 is 0 Å². The highest BCUT2D eigenvalue weighted by Gasteiger charge is 2.61. The first-order chi connectivity index (χ1) is 10.0. The highest BCUT2D eigenvalue weighted by Crippen LogP contribution is 2.22. The van der Waals surface area contributed by atoms with Crippen molar-refractivity contribution in [2.24, 2.45) is 0 Å². The van der Waals surface area contributed by atoms with Gasteiger partial charge in [-0.15, -0.1) is 0 Å². The van der Waals surface area contributed by atoms with Crippen molar-refractivity contribution in [2.75, 3.05) is 0 Å². The second-order valence-corrected chi connectivity index (χ2v) is 6.93. The van der Waals surface area contributed by atoms with E-state index in [-0.39, 0.29) is 23.0 Å². The van der Waals surface area contributed by atoms with E-state index < -0.39 is 38.4 Å². The summed E-state index contributed by atoms with van der Waals surface area (Å²) in [5, 5.41) is 0. The minimum absolute atomic E-state index is 0. The molecule has 0 saturated heterocycles. The molecule has 0 amide bonds. The van der Waals surface area contributed by atoms with Crippen LogP contribution in [0.2, 0.25) is 0 Å². The standard InChI is InChI=1S/C13H20O8Si.H4Si/c1-7-12(18-13(17)8(2)3)22(19-9(4)14,20-10(5)15)21-11(6)16;/h12H,2,7H2,1,3-6H3;1H4. The largest absolute Gasteiger partial charge is 0.748 e. The quantitative estimate of drug-likeness (QED) is 0.341. The predicted molar refractivity (Wildman–Crippen MR) is 87.4 cm³/mol. The van der Waals surface area contributed by atoms with Gasteiger partial charge in [0, 0.05) is 26.3 Å². The molecule has 0 aromatic carbocycles. The van der Waals surface area contributed by atoms with Crippen molar-refractivity contribution >= 4 is 43.6 Å². The van der Waals surface area contributed by atoms with Gasteiger partial charge in [-0.3, -0.25) is 14.4 Å². The van der Waals surface area contributed by atoms with Crippen LogP contribution in [0.15, 0.2) is 12.2 Å². The Morgan fingerprint density at radius 3 is 1.48 bits per heavy atom. The molecule has 0 saturated carbocycles. The van der Waals surface area contributed by atoms with E-state index in [4.69, 9.17) is 18.0 Å². The van der Waals surface area contributed by atoms with Crippen LogP contribution in [0, 0.1) is 0 Å². The number of carbonyl (C=O) groups is 4. The number of hydrogen-bond acceptors (Lipinski definition) is 8. The summed E-state index contributed by atoms with van der Waals surface area (Å²) >= 11 is 0. The van der Waals surface area contributed by atoms with Crippen LogP contribution in [0.1, 0.15) is 41.0 Å². The molecule has 0 bridgehead atoms. The summed E-state index contributed by atoms with van der Waals surface area (Å²) in [5.74, 6) is -3.29. The molecule has 1 atom stereocenters. The topological polar surface area (TPSA) is 105 Å². The Bertz CT molecular complexity index is 448. The Balaban J connectivity index is 0. The van der Waals surface area contributed by atoms with E-state index in [2.05, 4.69) is 6.58 Å². The third kappa shape index (κ3) is 7.74. The second-order valence-electron chi connectivity index (χ2n) is 4.47. The van der Waals surface area contributed by atoms with E-state index in [1.54, 1.807) is 6.92 Å². The van der Waals surface area contributed by atoms with Gasteiger partial charge in [0.25, 0.3) is 17.9 Å². The number of ether oxygens (including phenoxy) is 1. The summed E-state index contributed by atoms with van der Waals surface area (Å²) < 4.78 is 20.1. The third-order valence-electron chi connectivity index (χ3n) is 2.22. The average Bonchev–Trinajstić information content (AvgIpc) is 2.32. The molecule has 0 heterocycles. The van der Waals surface area contributed by atoms with Crippen LogP contribution in [0.3, 0.4) is 0 Å². The molecule has 132 valence electrons. The van der Waals surface area contributed by atoms with Crippen LogP contribution in [0.4, 0.5) is 0 Å². The van der Waals surface area contributed by atoms with E-state index in [0.717, 1.165) is 20.8 Å². The molecule has 0 radical (unpaired) electrons. The Labute approximate surface area is 140 Å². The van der Waals surface area contributed by atoms with Gasteiger partial charge in [-0.1, -0.05) is 13.5 Å². The molecule has 0 aliphatic rings. The monoisotopic (exact) mass is 364 g/mol. The van der Waals surface area contributed by atoms with Crippen LogP contribution >= 0.6 is 0 Å². The Morgan fingerprint density at radius 2 is 1.26 bits per heavy atom. The zero-order valence-corrected chi connectivity index (χ0v) is 14.3. The lowest BCUT2D eigenvalue weighted by molar-refractivity contribution is -0.157. The third-order valence-corrected chi connectivity index (χ3v) is 5.25. The summed E-state index contributed by atoms with van der Waals surface area (Å²) in [4.78, 5) is 45.7. The van der Waals surface area contributed by atoms with Crippen molar-refractivity contribution in [3.63, 3.8) is 0 Å². The summed E-state index contributed by atoms with van der Waals surface area (Å²) in [6.07, 6.45) is 0.0963. The molecule has 8 nitrogen and oxygen atoms in total. The summed E-state index contributed by atoms with van der Waals surface area (Å²) in [6, 6.07) is 0. The molecule has 0 aliphatic heterocycles. The molecule has 0 rings (SSSR count). The normalized spacial score (nSPS) is 11.3. The van der Waals surface area contributed by atoms with Crippen molar-refractivity contribution in [1.82, 2.24) is 0 Å². The number of carbonyl (C=O) groups excluding carboxylic acids is 4. The van der Waals surface area contributed by atoms with Gasteiger partial charge in [-0.05, 0) is 24.3 Å². The van der Waals surface area contributed by atoms with Gasteiger partial charge in [0.15, 0.2) is 0 Å². The Morgan fingerprint density at radius 1 is 0.913 bits per heavy atom. The van der Waals surface area contributed by atoms with Crippen molar-refractivity contribution in [3.05, 3.63) is 12.2 Å². The van der Waals surface area contributed by atoms with Crippen LogP contribution in [0.5, 0.6) is 0 Å². The lowest BCUT2D eigenvalue weighted by Gasteiger charge is -2.31. The van der Waals surface area contributed by atoms with Gasteiger partial charge in [-0.2, -0.15) is 0 Å². The van der Waals surface area contributed by atoms with E-state index in [0.29, 0.717) is 0 Å². The molecule has 0 aromatic heterocycles. The van der Waals surface area contributed by atoms with Crippen molar-refractivity contribution in [3.8, 4) is 0 Å². The molecule has 0 N–H and O–H groups in total. The fourth-order valence-electron chi connectivity index (χ4n) is 1.50. The van der Waals surface area contributed by atoms with Crippen molar-refractivity contribution in [2.45, 2.75) is 46.8 Å². The number of esters is 1. The molecule has 0 spiro atoms. The minimum atomic E-state index is -4.26. The lowest BCUT2D eigenvalue weighted by Crippen LogP contribution is -2.60. The smallest absolute Gasteiger partial charge is 0.453 e. The van der Waals surface area contributed by atoms with E-state index >= 15 is 0 Å². The maximum atomic E-state index is 11.7. The molecule has 0 fully saturated rings. The second kappa shape index (κ2) is 9.95. The minimum Gasteiger partial charge on any atom is -0.453 e. The first kappa shape index (κ1) is 23.3. The molecular weight excluding hydrogens is 340 g/mol. The molecule has 10 heteroatoms. The van der Waals surface area contributed by atoms with E-state index in [1.807, 2.05) is 0 Å². The maximum absolute atomic E-state index is 11.7. The fourth-order valence-corrected chi connectivity index (χ4v) is 3.97. The molecular formula is C13H24O8Si2. The molecule has 1 unspecified atom stereocenters. The highest BCUT2D eigenvalue weighted by atomic mass is 28.4. The summed E-state index contributed by atoms with van der Waals surface area (Å²) in [6.45, 7) is 9.61. The van der Waals surface area contributed by atoms with E-state index in [1.165, 1.54) is 6.92 Å². The van der Waals surface area contributed by atoms with Gasteiger partial charge in [0.1, 0.15) is 0 Å². The van der Waals surface area contributed by atoms with Gasteiger partial charge in [0.2, 0.25) is 5.73 Å². The van der Waals surface area contributed by atoms with Crippen LogP contribution in [0.25, 0.3) is 0 Å². The zero-order chi connectivity index (χ0) is 17.5. The van der Waals surface area contributed by atoms with Crippen molar-refractivity contribution in [1.29, 1.82) is 0 Å². The molecule has 23 heavy (non-hydrogen) atoms. The average molecular weight is 364 g/mol. The Kier molecular flexibility index (Phi) is 10.1. The summed E-state index contributed by atoms with van der Waals surface area (Å²) in [5.41, 5.74) is -1.12. The maximum Gasteiger partial charge on any atom is 0.748 e. The predicted octanol–water partition coefficient (Wildman–Crippen LogP) is -0.400. The fraction of sp³-hybridized carbons (Fsp3) is 0.538. The highest BCUT2D eigenvalue weighted by molar-refractivity contribution is 6.67. The Hall–Kier alpha value is -1.95. The van der Waals surface area contributed by atoms with Crippen LogP contribution in [-0.2, 0) is 37.2 Å². The van der Waals surface area contributed by atoms with Gasteiger partial charge >= 0.3 is 14.8 Å². The zero-order valence-electron chi connectivity index (χ0n) is 13.3. The first-order valence-electron chi connectivity index (χ1n) is 6.49. The van der Waals surface area contributed by atoms with E-state index in [9.17, 15) is 19.2 Å². The molecule has 0 aliphatic carbocycles. The SMILES string of the molecule is C=C(C)C(=O)OC(CC)[Si](OC(C)=O)(OC(C)=O)OC(C)=O.[SiH4]. The molecule has 0 aromatic rings. The lowest BCUT2D eigenvalue weighted by atomic mass is 10.4. The van der Waals surface area contributed by atoms with Crippen LogP contribution in [-0.4, -0.2) is 49.4 Å². The summed E-state index contributed by atoms with van der Waals surface area (Å²) in [7, 11) is -4.26. The van der Waals surface area contributed by atoms with Gasteiger partial charge in [0.05, 0.1) is 0 Å². The number of hydrogen-bond donors (Lipinski definition) is 0.